The summed E-state index contributed by atoms with van der Waals surface area (Å²) in [5.74, 6) is 0.677. The van der Waals surface area contributed by atoms with Crippen LogP contribution in [0.3, 0.4) is 0 Å². The van der Waals surface area contributed by atoms with Gasteiger partial charge in [-0.3, -0.25) is 4.79 Å². The van der Waals surface area contributed by atoms with Crippen molar-refractivity contribution < 1.29 is 4.79 Å². The average Bonchev–Trinajstić information content (AvgIpc) is 2.49. The number of rotatable bonds is 6. The molecule has 2 heteroatoms. The van der Waals surface area contributed by atoms with Gasteiger partial charge < -0.3 is 5.73 Å². The molecule has 2 N–H and O–H groups in total. The van der Waals surface area contributed by atoms with E-state index in [0.29, 0.717) is 18.9 Å². The van der Waals surface area contributed by atoms with E-state index in [1.54, 1.807) is 0 Å². The topological polar surface area (TPSA) is 43.1 Å². The highest BCUT2D eigenvalue weighted by atomic mass is 16.1. The summed E-state index contributed by atoms with van der Waals surface area (Å²) in [5, 5.41) is 0. The monoisotopic (exact) mass is 281 g/mol. The van der Waals surface area contributed by atoms with E-state index in [-0.39, 0.29) is 5.78 Å². The number of Topliss-reactive ketones (excluding diaryl/α,β-unsaturated/α-hetero) is 1. The van der Waals surface area contributed by atoms with E-state index in [0.717, 1.165) is 17.5 Å². The Labute approximate surface area is 127 Å². The fourth-order valence-electron chi connectivity index (χ4n) is 2.33. The molecule has 0 amide bonds. The van der Waals surface area contributed by atoms with Gasteiger partial charge in [0, 0.05) is 12.0 Å². The molecule has 0 aliphatic heterocycles. The third kappa shape index (κ3) is 4.27. The van der Waals surface area contributed by atoms with Crippen LogP contribution in [-0.2, 0) is 12.8 Å². The summed E-state index contributed by atoms with van der Waals surface area (Å²) in [7, 11) is 0. The second-order valence-corrected chi connectivity index (χ2v) is 5.73. The van der Waals surface area contributed by atoms with Gasteiger partial charge in [-0.1, -0.05) is 62.4 Å². The van der Waals surface area contributed by atoms with E-state index in [9.17, 15) is 4.79 Å². The number of ketones is 1. The van der Waals surface area contributed by atoms with Gasteiger partial charge in [0.05, 0.1) is 0 Å². The summed E-state index contributed by atoms with van der Waals surface area (Å²) in [4.78, 5) is 12.3. The maximum Gasteiger partial charge on any atom is 0.167 e. The van der Waals surface area contributed by atoms with Crippen LogP contribution in [0, 0.1) is 0 Å². The Morgan fingerprint density at radius 3 is 2.05 bits per heavy atom. The molecular formula is C19H23NO. The molecule has 2 rings (SSSR count). The molecule has 0 heterocycles. The largest absolute Gasteiger partial charge is 0.330 e. The lowest BCUT2D eigenvalue weighted by atomic mass is 9.98. The first-order valence-corrected chi connectivity index (χ1v) is 7.51. The van der Waals surface area contributed by atoms with E-state index in [1.807, 2.05) is 24.3 Å². The molecule has 0 aliphatic carbocycles. The van der Waals surface area contributed by atoms with Gasteiger partial charge in [0.25, 0.3) is 0 Å². The fraction of sp³-hybridized carbons (Fsp3) is 0.316. The van der Waals surface area contributed by atoms with Crippen LogP contribution < -0.4 is 5.73 Å². The highest BCUT2D eigenvalue weighted by molar-refractivity contribution is 5.97. The first kappa shape index (κ1) is 15.5. The molecule has 110 valence electrons. The van der Waals surface area contributed by atoms with Crippen molar-refractivity contribution in [1.29, 1.82) is 0 Å². The average molecular weight is 281 g/mol. The lowest BCUT2D eigenvalue weighted by Gasteiger charge is -2.07. The van der Waals surface area contributed by atoms with E-state index in [1.165, 1.54) is 11.1 Å². The summed E-state index contributed by atoms with van der Waals surface area (Å²) in [6.45, 7) is 4.97. The minimum atomic E-state index is 0.159. The summed E-state index contributed by atoms with van der Waals surface area (Å²) in [5.41, 5.74) is 9.84. The summed E-state index contributed by atoms with van der Waals surface area (Å²) < 4.78 is 0. The van der Waals surface area contributed by atoms with E-state index in [4.69, 9.17) is 5.73 Å². The van der Waals surface area contributed by atoms with Crippen molar-refractivity contribution in [3.63, 3.8) is 0 Å². The van der Waals surface area contributed by atoms with Crippen molar-refractivity contribution >= 4 is 5.78 Å². The molecule has 2 nitrogen and oxygen atoms in total. The minimum Gasteiger partial charge on any atom is -0.330 e. The number of hydrogen-bond acceptors (Lipinski definition) is 2. The van der Waals surface area contributed by atoms with Crippen molar-refractivity contribution in [3.05, 3.63) is 70.8 Å². The van der Waals surface area contributed by atoms with Crippen LogP contribution in [0.5, 0.6) is 0 Å². The number of hydrogen-bond donors (Lipinski definition) is 1. The van der Waals surface area contributed by atoms with Gasteiger partial charge in [0.15, 0.2) is 5.78 Å². The van der Waals surface area contributed by atoms with Gasteiger partial charge in [0.2, 0.25) is 0 Å². The second-order valence-electron chi connectivity index (χ2n) is 5.73. The molecule has 21 heavy (non-hydrogen) atoms. The molecule has 0 unspecified atom stereocenters. The molecule has 0 spiro atoms. The number of benzene rings is 2. The quantitative estimate of drug-likeness (QED) is 0.820. The first-order chi connectivity index (χ1) is 10.1. The zero-order chi connectivity index (χ0) is 15.2. The lowest BCUT2D eigenvalue weighted by Crippen LogP contribution is -2.05. The number of carbonyl (C=O) groups excluding carboxylic acids is 1. The molecule has 0 aromatic heterocycles. The highest BCUT2D eigenvalue weighted by Gasteiger charge is 2.07. The van der Waals surface area contributed by atoms with Crippen molar-refractivity contribution in [2.24, 2.45) is 5.73 Å². The molecule has 2 aromatic carbocycles. The zero-order valence-electron chi connectivity index (χ0n) is 12.8. The number of nitrogens with two attached hydrogens (primary N) is 1. The second kappa shape index (κ2) is 7.19. The molecule has 0 aliphatic rings. The predicted octanol–water partition coefficient (Wildman–Crippen LogP) is 3.74. The minimum absolute atomic E-state index is 0.159. The predicted molar refractivity (Wildman–Crippen MR) is 87.8 cm³/mol. The number of carbonyl (C=O) groups is 1. The van der Waals surface area contributed by atoms with Crippen LogP contribution in [0.15, 0.2) is 48.5 Å². The third-order valence-electron chi connectivity index (χ3n) is 3.72. The molecule has 0 saturated carbocycles. The molecule has 2 aromatic rings. The van der Waals surface area contributed by atoms with Gasteiger partial charge in [-0.25, -0.2) is 0 Å². The summed E-state index contributed by atoms with van der Waals surface area (Å²) in [6, 6.07) is 16.1. The Bertz CT molecular complexity index is 582. The van der Waals surface area contributed by atoms with E-state index >= 15 is 0 Å². The normalized spacial score (nSPS) is 10.9. The molecule has 0 fully saturated rings. The van der Waals surface area contributed by atoms with Crippen LogP contribution in [0.4, 0.5) is 0 Å². The maximum atomic E-state index is 12.3. The van der Waals surface area contributed by atoms with Crippen molar-refractivity contribution in [2.75, 3.05) is 6.54 Å². The zero-order valence-corrected chi connectivity index (χ0v) is 12.8. The molecule has 0 bridgehead atoms. The van der Waals surface area contributed by atoms with Gasteiger partial charge in [-0.15, -0.1) is 0 Å². The van der Waals surface area contributed by atoms with Gasteiger partial charge in [0.1, 0.15) is 0 Å². The smallest absolute Gasteiger partial charge is 0.167 e. The van der Waals surface area contributed by atoms with Crippen molar-refractivity contribution in [2.45, 2.75) is 32.6 Å². The van der Waals surface area contributed by atoms with Crippen molar-refractivity contribution in [3.8, 4) is 0 Å². The molecule has 0 radical (unpaired) electrons. The van der Waals surface area contributed by atoms with Crippen LogP contribution >= 0.6 is 0 Å². The van der Waals surface area contributed by atoms with Crippen LogP contribution in [0.25, 0.3) is 0 Å². The van der Waals surface area contributed by atoms with E-state index < -0.39 is 0 Å². The highest BCUT2D eigenvalue weighted by Crippen LogP contribution is 2.16. The molecular weight excluding hydrogens is 258 g/mol. The Kier molecular flexibility index (Phi) is 5.29. The Morgan fingerprint density at radius 1 is 0.952 bits per heavy atom. The maximum absolute atomic E-state index is 12.3. The first-order valence-electron chi connectivity index (χ1n) is 7.51. The van der Waals surface area contributed by atoms with Gasteiger partial charge in [-0.05, 0) is 35.6 Å². The Hall–Kier alpha value is -1.93. The Balaban J connectivity index is 2.03. The van der Waals surface area contributed by atoms with Crippen LogP contribution in [0.1, 0.15) is 46.8 Å². The van der Waals surface area contributed by atoms with Gasteiger partial charge in [-0.2, -0.15) is 0 Å². The van der Waals surface area contributed by atoms with E-state index in [2.05, 4.69) is 38.1 Å². The SMILES string of the molecule is CC(C)c1ccc(CC(=O)c2ccc(CCN)cc2)cc1. The Morgan fingerprint density at radius 2 is 1.52 bits per heavy atom. The molecule has 0 atom stereocenters. The van der Waals surface area contributed by atoms with Crippen LogP contribution in [-0.4, -0.2) is 12.3 Å². The standard InChI is InChI=1S/C19H23NO/c1-14(2)17-7-5-16(6-8-17)13-19(21)18-9-3-15(4-10-18)11-12-20/h3-10,14H,11-13,20H2,1-2H3. The third-order valence-corrected chi connectivity index (χ3v) is 3.72. The van der Waals surface area contributed by atoms with Crippen molar-refractivity contribution in [1.82, 2.24) is 0 Å². The fourth-order valence-corrected chi connectivity index (χ4v) is 2.33. The van der Waals surface area contributed by atoms with Gasteiger partial charge >= 0.3 is 0 Å². The van der Waals surface area contributed by atoms with Crippen LogP contribution in [0.2, 0.25) is 0 Å². The summed E-state index contributed by atoms with van der Waals surface area (Å²) >= 11 is 0. The molecule has 0 saturated heterocycles. The lowest BCUT2D eigenvalue weighted by molar-refractivity contribution is 0.0993. The summed E-state index contributed by atoms with van der Waals surface area (Å²) in [6.07, 6.45) is 1.31.